The fourth-order valence-electron chi connectivity index (χ4n) is 2.16. The van der Waals surface area contributed by atoms with Gasteiger partial charge in [0, 0.05) is 4.88 Å². The molecule has 0 aliphatic heterocycles. The number of aryl methyl sites for hydroxylation is 2. The van der Waals surface area contributed by atoms with Crippen molar-refractivity contribution in [1.29, 1.82) is 0 Å². The van der Waals surface area contributed by atoms with Crippen molar-refractivity contribution in [2.24, 2.45) is 0 Å². The van der Waals surface area contributed by atoms with E-state index in [9.17, 15) is 9.90 Å². The number of carbonyl (C=O) groups excluding carboxylic acids is 1. The Morgan fingerprint density at radius 2 is 2.29 bits per heavy atom. The summed E-state index contributed by atoms with van der Waals surface area (Å²) in [6.45, 7) is 5.89. The average molecular weight is 307 g/mol. The maximum absolute atomic E-state index is 12.2. The van der Waals surface area contributed by atoms with E-state index >= 15 is 0 Å². The van der Waals surface area contributed by atoms with Crippen molar-refractivity contribution >= 4 is 17.2 Å². The number of amides is 1. The summed E-state index contributed by atoms with van der Waals surface area (Å²) in [6.07, 6.45) is 3.55. The third-order valence-electron chi connectivity index (χ3n) is 3.41. The van der Waals surface area contributed by atoms with E-state index < -0.39 is 5.60 Å². The van der Waals surface area contributed by atoms with Gasteiger partial charge in [-0.25, -0.2) is 0 Å². The number of thiophene rings is 1. The van der Waals surface area contributed by atoms with E-state index in [1.54, 1.807) is 19.1 Å². The van der Waals surface area contributed by atoms with Gasteiger partial charge in [0.15, 0.2) is 0 Å². The molecule has 21 heavy (non-hydrogen) atoms. The van der Waals surface area contributed by atoms with E-state index in [0.29, 0.717) is 10.6 Å². The van der Waals surface area contributed by atoms with E-state index in [1.807, 2.05) is 13.0 Å². The summed E-state index contributed by atoms with van der Waals surface area (Å²) in [5.74, 6) is 0.286. The van der Waals surface area contributed by atoms with Crippen molar-refractivity contribution in [3.05, 3.63) is 45.5 Å². The molecule has 2 aromatic rings. The Morgan fingerprint density at radius 3 is 2.90 bits per heavy atom. The first kappa shape index (κ1) is 15.8. The number of nitrogens with one attached hydrogen (secondary N) is 1. The zero-order chi connectivity index (χ0) is 15.5. The van der Waals surface area contributed by atoms with Gasteiger partial charge in [-0.05, 0) is 44.0 Å². The van der Waals surface area contributed by atoms with Crippen molar-refractivity contribution in [3.8, 4) is 0 Å². The second-order valence-corrected chi connectivity index (χ2v) is 6.63. The van der Waals surface area contributed by atoms with E-state index in [2.05, 4.69) is 12.2 Å². The van der Waals surface area contributed by atoms with Gasteiger partial charge < -0.3 is 14.8 Å². The predicted octanol–water partition coefficient (Wildman–Crippen LogP) is 3.24. The normalized spacial score (nSPS) is 13.9. The number of aliphatic hydroxyl groups is 1. The monoisotopic (exact) mass is 307 g/mol. The molecule has 0 radical (unpaired) electrons. The Kier molecular flexibility index (Phi) is 4.85. The topological polar surface area (TPSA) is 62.5 Å². The first-order chi connectivity index (χ1) is 9.94. The number of rotatable bonds is 6. The standard InChI is InChI=1S/C16H21NO3S/c1-4-6-12-9-13(21-11(12)2)15(18)17-10-16(3,19)14-7-5-8-20-14/h5,7-9,19H,4,6,10H2,1-3H3,(H,17,18). The van der Waals surface area contributed by atoms with Crippen LogP contribution in [-0.4, -0.2) is 17.6 Å². The fourth-order valence-corrected chi connectivity index (χ4v) is 3.15. The van der Waals surface area contributed by atoms with Gasteiger partial charge in [-0.15, -0.1) is 11.3 Å². The molecule has 0 saturated heterocycles. The molecule has 5 heteroatoms. The van der Waals surface area contributed by atoms with E-state index in [4.69, 9.17) is 4.42 Å². The van der Waals surface area contributed by atoms with Gasteiger partial charge in [0.1, 0.15) is 11.4 Å². The summed E-state index contributed by atoms with van der Waals surface area (Å²) in [5, 5.41) is 13.1. The summed E-state index contributed by atoms with van der Waals surface area (Å²) in [6, 6.07) is 5.35. The van der Waals surface area contributed by atoms with Crippen LogP contribution in [0.15, 0.2) is 28.9 Å². The number of hydrogen-bond acceptors (Lipinski definition) is 4. The lowest BCUT2D eigenvalue weighted by molar-refractivity contribution is 0.0331. The van der Waals surface area contributed by atoms with Gasteiger partial charge in [0.05, 0.1) is 17.7 Å². The average Bonchev–Trinajstić information content (AvgIpc) is 3.08. The summed E-state index contributed by atoms with van der Waals surface area (Å²) >= 11 is 1.49. The number of carbonyl (C=O) groups is 1. The van der Waals surface area contributed by atoms with E-state index in [-0.39, 0.29) is 12.5 Å². The molecule has 0 spiro atoms. The van der Waals surface area contributed by atoms with Gasteiger partial charge in [-0.3, -0.25) is 4.79 Å². The lowest BCUT2D eigenvalue weighted by atomic mass is 10.0. The Morgan fingerprint density at radius 1 is 1.52 bits per heavy atom. The van der Waals surface area contributed by atoms with Crippen LogP contribution in [0, 0.1) is 6.92 Å². The van der Waals surface area contributed by atoms with Gasteiger partial charge in [0.25, 0.3) is 5.91 Å². The molecule has 2 heterocycles. The molecule has 2 rings (SSSR count). The quantitative estimate of drug-likeness (QED) is 0.861. The van der Waals surface area contributed by atoms with Gasteiger partial charge >= 0.3 is 0 Å². The summed E-state index contributed by atoms with van der Waals surface area (Å²) < 4.78 is 5.19. The molecule has 0 saturated carbocycles. The third kappa shape index (κ3) is 3.74. The molecule has 0 aromatic carbocycles. The van der Waals surface area contributed by atoms with Crippen LogP contribution in [0.1, 0.15) is 46.1 Å². The van der Waals surface area contributed by atoms with Crippen molar-refractivity contribution in [2.75, 3.05) is 6.54 Å². The lowest BCUT2D eigenvalue weighted by Crippen LogP contribution is -2.38. The Balaban J connectivity index is 2.00. The fraction of sp³-hybridized carbons (Fsp3) is 0.438. The minimum Gasteiger partial charge on any atom is -0.466 e. The molecule has 2 aromatic heterocycles. The van der Waals surface area contributed by atoms with E-state index in [0.717, 1.165) is 12.8 Å². The van der Waals surface area contributed by atoms with E-state index in [1.165, 1.54) is 28.0 Å². The Labute approximate surface area is 128 Å². The van der Waals surface area contributed by atoms with Gasteiger partial charge in [-0.1, -0.05) is 13.3 Å². The van der Waals surface area contributed by atoms with Crippen molar-refractivity contribution < 1.29 is 14.3 Å². The summed E-state index contributed by atoms with van der Waals surface area (Å²) in [5.41, 5.74) is 0.0167. The first-order valence-corrected chi connectivity index (χ1v) is 7.89. The largest absolute Gasteiger partial charge is 0.466 e. The number of furan rings is 1. The van der Waals surface area contributed by atoms with Crippen molar-refractivity contribution in [3.63, 3.8) is 0 Å². The molecule has 114 valence electrons. The zero-order valence-corrected chi connectivity index (χ0v) is 13.4. The Bertz CT molecular complexity index is 599. The molecular weight excluding hydrogens is 286 g/mol. The SMILES string of the molecule is CCCc1cc(C(=O)NCC(C)(O)c2ccco2)sc1C. The van der Waals surface area contributed by atoms with Crippen LogP contribution < -0.4 is 5.32 Å². The van der Waals surface area contributed by atoms with Crippen molar-refractivity contribution in [1.82, 2.24) is 5.32 Å². The summed E-state index contributed by atoms with van der Waals surface area (Å²) in [7, 11) is 0. The lowest BCUT2D eigenvalue weighted by Gasteiger charge is -2.20. The molecule has 1 atom stereocenters. The molecule has 4 nitrogen and oxygen atoms in total. The van der Waals surface area contributed by atoms with Gasteiger partial charge in [-0.2, -0.15) is 0 Å². The highest BCUT2D eigenvalue weighted by Crippen LogP contribution is 2.24. The highest BCUT2D eigenvalue weighted by molar-refractivity contribution is 7.14. The minimum atomic E-state index is -1.21. The second-order valence-electron chi connectivity index (χ2n) is 5.38. The molecule has 1 unspecified atom stereocenters. The number of hydrogen-bond donors (Lipinski definition) is 2. The predicted molar refractivity (Wildman–Crippen MR) is 83.7 cm³/mol. The second kappa shape index (κ2) is 6.45. The van der Waals surface area contributed by atoms with Crippen molar-refractivity contribution in [2.45, 2.75) is 39.2 Å². The molecular formula is C16H21NO3S. The van der Waals surface area contributed by atoms with Crippen LogP contribution in [0.2, 0.25) is 0 Å². The van der Waals surface area contributed by atoms with Crippen LogP contribution >= 0.6 is 11.3 Å². The maximum Gasteiger partial charge on any atom is 0.261 e. The molecule has 0 bridgehead atoms. The smallest absolute Gasteiger partial charge is 0.261 e. The molecule has 1 amide bonds. The molecule has 0 aliphatic rings. The highest BCUT2D eigenvalue weighted by Gasteiger charge is 2.27. The van der Waals surface area contributed by atoms with Gasteiger partial charge in [0.2, 0.25) is 0 Å². The van der Waals surface area contributed by atoms with Crippen LogP contribution in [0.4, 0.5) is 0 Å². The van der Waals surface area contributed by atoms with Crippen LogP contribution in [0.5, 0.6) is 0 Å². The van der Waals surface area contributed by atoms with Crippen LogP contribution in [0.3, 0.4) is 0 Å². The zero-order valence-electron chi connectivity index (χ0n) is 12.6. The molecule has 2 N–H and O–H groups in total. The molecule has 0 fully saturated rings. The highest BCUT2D eigenvalue weighted by atomic mass is 32.1. The minimum absolute atomic E-state index is 0.111. The third-order valence-corrected chi connectivity index (χ3v) is 4.50. The van der Waals surface area contributed by atoms with Crippen LogP contribution in [-0.2, 0) is 12.0 Å². The van der Waals surface area contributed by atoms with Crippen LogP contribution in [0.25, 0.3) is 0 Å². The Hall–Kier alpha value is -1.59. The maximum atomic E-state index is 12.2. The summed E-state index contributed by atoms with van der Waals surface area (Å²) in [4.78, 5) is 14.1. The first-order valence-electron chi connectivity index (χ1n) is 7.08. The molecule has 0 aliphatic carbocycles.